The molecule has 0 aliphatic rings. The van der Waals surface area contributed by atoms with E-state index in [-0.39, 0.29) is 5.69 Å². The van der Waals surface area contributed by atoms with Crippen LogP contribution in [-0.4, -0.2) is 9.91 Å². The second kappa shape index (κ2) is 5.46. The predicted molar refractivity (Wildman–Crippen MR) is 84.4 cm³/mol. The van der Waals surface area contributed by atoms with Crippen LogP contribution in [0.25, 0.3) is 21.8 Å². The average molecular weight is 296 g/mol. The molecule has 104 valence electrons. The Balaban J connectivity index is 1.98. The van der Waals surface area contributed by atoms with Crippen LogP contribution in [0.3, 0.4) is 0 Å². The molecule has 0 N–H and O–H groups in total. The maximum Gasteiger partial charge on any atom is 0.270 e. The first kappa shape index (κ1) is 13.5. The lowest BCUT2D eigenvalue weighted by Gasteiger charge is -1.98. The Morgan fingerprint density at radius 1 is 1.10 bits per heavy atom. The van der Waals surface area contributed by atoms with Gasteiger partial charge >= 0.3 is 0 Å². The largest absolute Gasteiger partial charge is 0.270 e. The number of aryl methyl sites for hydroxylation is 1. The van der Waals surface area contributed by atoms with Crippen molar-refractivity contribution in [1.29, 1.82) is 0 Å². The number of thiazole rings is 1. The first-order valence-electron chi connectivity index (χ1n) is 6.41. The molecule has 0 saturated carbocycles. The minimum absolute atomic E-state index is 0.0811. The molecule has 3 aromatic rings. The van der Waals surface area contributed by atoms with Gasteiger partial charge in [0, 0.05) is 28.6 Å². The molecular weight excluding hydrogens is 284 g/mol. The van der Waals surface area contributed by atoms with Crippen molar-refractivity contribution >= 4 is 17.0 Å². The third kappa shape index (κ3) is 2.83. The Labute approximate surface area is 125 Å². The molecule has 0 aliphatic carbocycles. The Kier molecular flexibility index (Phi) is 3.50. The van der Waals surface area contributed by atoms with Crippen molar-refractivity contribution in [3.8, 4) is 21.8 Å². The summed E-state index contributed by atoms with van der Waals surface area (Å²) in [6, 6.07) is 14.7. The fraction of sp³-hybridized carbons (Fsp3) is 0.0625. The number of aromatic nitrogens is 1. The second-order valence-electron chi connectivity index (χ2n) is 4.71. The van der Waals surface area contributed by atoms with E-state index in [0.717, 1.165) is 21.8 Å². The van der Waals surface area contributed by atoms with Crippen LogP contribution in [0, 0.1) is 17.0 Å². The van der Waals surface area contributed by atoms with Gasteiger partial charge in [0.25, 0.3) is 5.69 Å². The van der Waals surface area contributed by atoms with Crippen molar-refractivity contribution in [2.24, 2.45) is 0 Å². The highest BCUT2D eigenvalue weighted by Gasteiger charge is 2.10. The van der Waals surface area contributed by atoms with Gasteiger partial charge in [-0.3, -0.25) is 10.1 Å². The van der Waals surface area contributed by atoms with E-state index in [0.29, 0.717) is 0 Å². The van der Waals surface area contributed by atoms with Crippen LogP contribution in [0.1, 0.15) is 5.56 Å². The molecular formula is C16H12N2O2S. The topological polar surface area (TPSA) is 56.0 Å². The van der Waals surface area contributed by atoms with Crippen LogP contribution >= 0.6 is 11.3 Å². The number of nitro benzene ring substituents is 1. The van der Waals surface area contributed by atoms with Gasteiger partial charge in [-0.05, 0) is 13.0 Å². The quantitative estimate of drug-likeness (QED) is 0.520. The number of hydrogen-bond acceptors (Lipinski definition) is 4. The van der Waals surface area contributed by atoms with E-state index in [2.05, 4.69) is 11.1 Å². The molecule has 1 heterocycles. The summed E-state index contributed by atoms with van der Waals surface area (Å²) in [5, 5.41) is 13.7. The Hall–Kier alpha value is -2.53. The van der Waals surface area contributed by atoms with Crippen molar-refractivity contribution < 1.29 is 4.92 Å². The Morgan fingerprint density at radius 2 is 1.86 bits per heavy atom. The van der Waals surface area contributed by atoms with Crippen LogP contribution in [0.5, 0.6) is 0 Å². The van der Waals surface area contributed by atoms with Crippen LogP contribution in [-0.2, 0) is 0 Å². The van der Waals surface area contributed by atoms with Gasteiger partial charge < -0.3 is 0 Å². The zero-order valence-corrected chi connectivity index (χ0v) is 12.1. The zero-order valence-electron chi connectivity index (χ0n) is 11.3. The predicted octanol–water partition coefficient (Wildman–Crippen LogP) is 4.69. The lowest BCUT2D eigenvalue weighted by atomic mass is 10.1. The van der Waals surface area contributed by atoms with Crippen molar-refractivity contribution in [1.82, 2.24) is 4.98 Å². The van der Waals surface area contributed by atoms with E-state index in [1.165, 1.54) is 23.0 Å². The van der Waals surface area contributed by atoms with Crippen molar-refractivity contribution in [2.75, 3.05) is 0 Å². The van der Waals surface area contributed by atoms with Gasteiger partial charge in [0.05, 0.1) is 10.6 Å². The van der Waals surface area contributed by atoms with Crippen LogP contribution < -0.4 is 0 Å². The highest BCUT2D eigenvalue weighted by molar-refractivity contribution is 7.13. The fourth-order valence-electron chi connectivity index (χ4n) is 2.10. The summed E-state index contributed by atoms with van der Waals surface area (Å²) >= 11 is 1.54. The van der Waals surface area contributed by atoms with Gasteiger partial charge in [-0.2, -0.15) is 0 Å². The second-order valence-corrected chi connectivity index (χ2v) is 5.57. The Bertz CT molecular complexity index is 811. The third-order valence-electron chi connectivity index (χ3n) is 3.12. The molecule has 2 aromatic carbocycles. The smallest absolute Gasteiger partial charge is 0.258 e. The summed E-state index contributed by atoms with van der Waals surface area (Å²) in [4.78, 5) is 15.0. The van der Waals surface area contributed by atoms with Gasteiger partial charge in [0.2, 0.25) is 0 Å². The van der Waals surface area contributed by atoms with E-state index in [4.69, 9.17) is 0 Å². The first-order chi connectivity index (χ1) is 10.1. The van der Waals surface area contributed by atoms with E-state index < -0.39 is 4.92 Å². The summed E-state index contributed by atoms with van der Waals surface area (Å²) in [5.74, 6) is 0. The van der Waals surface area contributed by atoms with E-state index in [1.54, 1.807) is 12.1 Å². The molecule has 0 unspecified atom stereocenters. The van der Waals surface area contributed by atoms with Crippen molar-refractivity contribution in [3.63, 3.8) is 0 Å². The number of hydrogen-bond donors (Lipinski definition) is 0. The molecule has 0 spiro atoms. The molecule has 0 aliphatic heterocycles. The summed E-state index contributed by atoms with van der Waals surface area (Å²) in [5.41, 5.74) is 3.86. The first-order valence-corrected chi connectivity index (χ1v) is 7.29. The molecule has 5 heteroatoms. The molecule has 0 bridgehead atoms. The number of nitrogens with zero attached hydrogens (tertiary/aromatic N) is 2. The summed E-state index contributed by atoms with van der Waals surface area (Å²) in [7, 11) is 0. The monoisotopic (exact) mass is 296 g/mol. The van der Waals surface area contributed by atoms with Gasteiger partial charge in [-0.1, -0.05) is 35.9 Å². The van der Waals surface area contributed by atoms with Crippen LogP contribution in [0.4, 0.5) is 5.69 Å². The average Bonchev–Trinajstić information content (AvgIpc) is 2.97. The van der Waals surface area contributed by atoms with E-state index in [9.17, 15) is 10.1 Å². The summed E-state index contributed by atoms with van der Waals surface area (Å²) in [6.07, 6.45) is 0. The SMILES string of the molecule is Cc1cccc(-c2nc(-c3cccc([N+](=O)[O-])c3)cs2)c1. The maximum absolute atomic E-state index is 10.8. The van der Waals surface area contributed by atoms with Gasteiger partial charge in [-0.25, -0.2) is 4.98 Å². The number of rotatable bonds is 3. The molecule has 0 fully saturated rings. The Morgan fingerprint density at radius 3 is 2.62 bits per heavy atom. The molecule has 0 atom stereocenters. The lowest BCUT2D eigenvalue weighted by Crippen LogP contribution is -1.88. The molecule has 0 radical (unpaired) electrons. The number of benzene rings is 2. The van der Waals surface area contributed by atoms with Crippen molar-refractivity contribution in [2.45, 2.75) is 6.92 Å². The molecule has 1 aromatic heterocycles. The highest BCUT2D eigenvalue weighted by atomic mass is 32.1. The highest BCUT2D eigenvalue weighted by Crippen LogP contribution is 2.30. The maximum atomic E-state index is 10.8. The van der Waals surface area contributed by atoms with Crippen molar-refractivity contribution in [3.05, 3.63) is 69.6 Å². The summed E-state index contributed by atoms with van der Waals surface area (Å²) in [6.45, 7) is 2.04. The minimum atomic E-state index is -0.392. The normalized spacial score (nSPS) is 10.5. The third-order valence-corrected chi connectivity index (χ3v) is 4.01. The standard InChI is InChI=1S/C16H12N2O2S/c1-11-4-2-6-13(8-11)16-17-15(10-21-16)12-5-3-7-14(9-12)18(19)20/h2-10H,1H3. The fourth-order valence-corrected chi connectivity index (χ4v) is 2.92. The van der Waals surface area contributed by atoms with Crippen LogP contribution in [0.2, 0.25) is 0 Å². The molecule has 4 nitrogen and oxygen atoms in total. The van der Waals surface area contributed by atoms with E-state index >= 15 is 0 Å². The van der Waals surface area contributed by atoms with Gasteiger partial charge in [0.15, 0.2) is 0 Å². The van der Waals surface area contributed by atoms with Gasteiger partial charge in [-0.15, -0.1) is 11.3 Å². The number of non-ortho nitro benzene ring substituents is 1. The summed E-state index contributed by atoms with van der Waals surface area (Å²) < 4.78 is 0. The molecule has 0 amide bonds. The van der Waals surface area contributed by atoms with Gasteiger partial charge in [0.1, 0.15) is 5.01 Å². The lowest BCUT2D eigenvalue weighted by molar-refractivity contribution is -0.384. The minimum Gasteiger partial charge on any atom is -0.258 e. The molecule has 21 heavy (non-hydrogen) atoms. The van der Waals surface area contributed by atoms with E-state index in [1.807, 2.05) is 36.6 Å². The molecule has 0 saturated heterocycles. The molecule has 3 rings (SSSR count). The zero-order chi connectivity index (χ0) is 14.8. The van der Waals surface area contributed by atoms with Crippen LogP contribution in [0.15, 0.2) is 53.9 Å². The number of nitro groups is 1.